The monoisotopic (exact) mass is 131 g/mol. The highest BCUT2D eigenvalue weighted by molar-refractivity contribution is 4.66. The summed E-state index contributed by atoms with van der Waals surface area (Å²) in [4.78, 5) is 0. The first-order valence-corrected chi connectivity index (χ1v) is 3.38. The Bertz CT molecular complexity index is 63.3. The molecule has 3 heteroatoms. The highest BCUT2D eigenvalue weighted by Gasteiger charge is 2.02. The van der Waals surface area contributed by atoms with Crippen LogP contribution in [0.3, 0.4) is 0 Å². The van der Waals surface area contributed by atoms with Crippen molar-refractivity contribution in [1.29, 1.82) is 0 Å². The van der Waals surface area contributed by atoms with Gasteiger partial charge in [-0.1, -0.05) is 0 Å². The Hall–Kier alpha value is -0.120. The van der Waals surface area contributed by atoms with Crippen LogP contribution in [0.15, 0.2) is 0 Å². The molecule has 6 N–H and O–H groups in total. The first kappa shape index (κ1) is 8.88. The minimum absolute atomic E-state index is 0.190. The van der Waals surface area contributed by atoms with Gasteiger partial charge in [0.15, 0.2) is 0 Å². The van der Waals surface area contributed by atoms with Crippen LogP contribution < -0.4 is 17.2 Å². The van der Waals surface area contributed by atoms with Crippen LogP contribution in [0, 0.1) is 0 Å². The van der Waals surface area contributed by atoms with Crippen molar-refractivity contribution in [1.82, 2.24) is 0 Å². The Morgan fingerprint density at radius 1 is 1.33 bits per heavy atom. The fraction of sp³-hybridized carbons (Fsp3) is 1.00. The van der Waals surface area contributed by atoms with Crippen molar-refractivity contribution in [3.63, 3.8) is 0 Å². The van der Waals surface area contributed by atoms with E-state index in [0.717, 1.165) is 12.8 Å². The standard InChI is InChI=1S/C6H17N3/c1-5(8)4-6(9)2-3-7/h5-6H,2-4,7-9H2,1H3. The van der Waals surface area contributed by atoms with Crippen molar-refractivity contribution in [2.45, 2.75) is 31.8 Å². The summed E-state index contributed by atoms with van der Waals surface area (Å²) in [5.74, 6) is 0. The zero-order valence-electron chi connectivity index (χ0n) is 6.01. The molecule has 0 heterocycles. The zero-order chi connectivity index (χ0) is 7.28. The van der Waals surface area contributed by atoms with Crippen LogP contribution >= 0.6 is 0 Å². The smallest absolute Gasteiger partial charge is 0.00654 e. The Morgan fingerprint density at radius 3 is 2.22 bits per heavy atom. The van der Waals surface area contributed by atoms with Crippen LogP contribution in [0.5, 0.6) is 0 Å². The first-order valence-electron chi connectivity index (χ1n) is 3.38. The third-order valence-electron chi connectivity index (χ3n) is 1.21. The molecule has 2 unspecified atom stereocenters. The van der Waals surface area contributed by atoms with Gasteiger partial charge in [-0.15, -0.1) is 0 Å². The molecule has 0 aliphatic carbocycles. The second-order valence-corrected chi connectivity index (χ2v) is 2.55. The van der Waals surface area contributed by atoms with E-state index >= 15 is 0 Å². The molecule has 0 aromatic carbocycles. The van der Waals surface area contributed by atoms with Gasteiger partial charge in [0.1, 0.15) is 0 Å². The van der Waals surface area contributed by atoms with Crippen LogP contribution in [-0.2, 0) is 0 Å². The summed E-state index contributed by atoms with van der Waals surface area (Å²) in [6, 6.07) is 0.390. The van der Waals surface area contributed by atoms with Crippen LogP contribution in [-0.4, -0.2) is 18.6 Å². The van der Waals surface area contributed by atoms with E-state index in [0.29, 0.717) is 6.54 Å². The average molecular weight is 131 g/mol. The summed E-state index contributed by atoms with van der Waals surface area (Å²) >= 11 is 0. The molecule has 0 rings (SSSR count). The van der Waals surface area contributed by atoms with Crippen molar-refractivity contribution >= 4 is 0 Å². The maximum atomic E-state index is 5.63. The Labute approximate surface area is 56.6 Å². The van der Waals surface area contributed by atoms with Crippen LogP contribution in [0.1, 0.15) is 19.8 Å². The maximum Gasteiger partial charge on any atom is 0.00654 e. The zero-order valence-corrected chi connectivity index (χ0v) is 6.01. The average Bonchev–Trinajstić information content (AvgIpc) is 1.63. The summed E-state index contributed by atoms with van der Waals surface area (Å²) in [7, 11) is 0. The summed E-state index contributed by atoms with van der Waals surface area (Å²) in [6.45, 7) is 2.62. The van der Waals surface area contributed by atoms with Gasteiger partial charge in [-0.05, 0) is 26.3 Å². The van der Waals surface area contributed by atoms with Crippen molar-refractivity contribution < 1.29 is 0 Å². The second kappa shape index (κ2) is 4.73. The highest BCUT2D eigenvalue weighted by atomic mass is 14.7. The van der Waals surface area contributed by atoms with E-state index in [1.807, 2.05) is 6.92 Å². The van der Waals surface area contributed by atoms with E-state index < -0.39 is 0 Å². The molecule has 0 aliphatic rings. The minimum atomic E-state index is 0.190. The van der Waals surface area contributed by atoms with Gasteiger partial charge in [0.25, 0.3) is 0 Å². The molecule has 0 saturated heterocycles. The Kier molecular flexibility index (Phi) is 4.67. The summed E-state index contributed by atoms with van der Waals surface area (Å²) in [5, 5.41) is 0. The first-order chi connectivity index (χ1) is 4.16. The molecule has 56 valence electrons. The normalized spacial score (nSPS) is 17.3. The van der Waals surface area contributed by atoms with Gasteiger partial charge in [-0.25, -0.2) is 0 Å². The molecule has 3 nitrogen and oxygen atoms in total. The molecule has 9 heavy (non-hydrogen) atoms. The fourth-order valence-corrected chi connectivity index (χ4v) is 0.809. The number of hydrogen-bond acceptors (Lipinski definition) is 3. The molecule has 0 aliphatic heterocycles. The van der Waals surface area contributed by atoms with Crippen LogP contribution in [0.2, 0.25) is 0 Å². The van der Waals surface area contributed by atoms with Gasteiger partial charge in [-0.2, -0.15) is 0 Å². The molecule has 0 amide bonds. The SMILES string of the molecule is CC(N)CC(N)CCN. The number of rotatable bonds is 4. The molecule has 0 radical (unpaired) electrons. The van der Waals surface area contributed by atoms with E-state index in [2.05, 4.69) is 0 Å². The highest BCUT2D eigenvalue weighted by Crippen LogP contribution is 1.94. The summed E-state index contributed by atoms with van der Waals surface area (Å²) in [5.41, 5.74) is 16.4. The van der Waals surface area contributed by atoms with Crippen molar-refractivity contribution in [2.75, 3.05) is 6.54 Å². The number of hydrogen-bond donors (Lipinski definition) is 3. The topological polar surface area (TPSA) is 78.1 Å². The predicted octanol–water partition coefficient (Wildman–Crippen LogP) is -0.600. The van der Waals surface area contributed by atoms with Gasteiger partial charge in [0, 0.05) is 12.1 Å². The summed E-state index contributed by atoms with van der Waals surface area (Å²) in [6.07, 6.45) is 1.75. The number of nitrogens with two attached hydrogens (primary N) is 3. The molecule has 0 spiro atoms. The molecule has 0 saturated carbocycles. The Balaban J connectivity index is 3.15. The molecular weight excluding hydrogens is 114 g/mol. The van der Waals surface area contributed by atoms with Crippen LogP contribution in [0.4, 0.5) is 0 Å². The van der Waals surface area contributed by atoms with E-state index in [4.69, 9.17) is 17.2 Å². The van der Waals surface area contributed by atoms with Gasteiger partial charge >= 0.3 is 0 Å². The van der Waals surface area contributed by atoms with Gasteiger partial charge in [0.2, 0.25) is 0 Å². The lowest BCUT2D eigenvalue weighted by atomic mass is 10.1. The van der Waals surface area contributed by atoms with Crippen LogP contribution in [0.25, 0.3) is 0 Å². The Morgan fingerprint density at radius 2 is 1.89 bits per heavy atom. The van der Waals surface area contributed by atoms with Gasteiger partial charge in [-0.3, -0.25) is 0 Å². The molecule has 0 fully saturated rings. The van der Waals surface area contributed by atoms with Crippen molar-refractivity contribution in [2.24, 2.45) is 17.2 Å². The molecule has 0 aromatic heterocycles. The van der Waals surface area contributed by atoms with Gasteiger partial charge in [0.05, 0.1) is 0 Å². The lowest BCUT2D eigenvalue weighted by Gasteiger charge is -2.11. The molecule has 2 atom stereocenters. The second-order valence-electron chi connectivity index (χ2n) is 2.55. The van der Waals surface area contributed by atoms with E-state index in [1.165, 1.54) is 0 Å². The van der Waals surface area contributed by atoms with E-state index in [9.17, 15) is 0 Å². The van der Waals surface area contributed by atoms with Crippen molar-refractivity contribution in [3.05, 3.63) is 0 Å². The molecular formula is C6H17N3. The van der Waals surface area contributed by atoms with E-state index in [-0.39, 0.29) is 12.1 Å². The lowest BCUT2D eigenvalue weighted by Crippen LogP contribution is -2.31. The molecule has 0 bridgehead atoms. The fourth-order valence-electron chi connectivity index (χ4n) is 0.809. The third-order valence-corrected chi connectivity index (χ3v) is 1.21. The van der Waals surface area contributed by atoms with Crippen molar-refractivity contribution in [3.8, 4) is 0 Å². The quantitative estimate of drug-likeness (QED) is 0.476. The third kappa shape index (κ3) is 5.76. The molecule has 0 aromatic rings. The maximum absolute atomic E-state index is 5.63. The minimum Gasteiger partial charge on any atom is -0.330 e. The van der Waals surface area contributed by atoms with E-state index in [1.54, 1.807) is 0 Å². The van der Waals surface area contributed by atoms with Gasteiger partial charge < -0.3 is 17.2 Å². The lowest BCUT2D eigenvalue weighted by molar-refractivity contribution is 0.522. The largest absolute Gasteiger partial charge is 0.330 e. The summed E-state index contributed by atoms with van der Waals surface area (Å²) < 4.78 is 0. The predicted molar refractivity (Wildman–Crippen MR) is 39.9 cm³/mol.